The lowest BCUT2D eigenvalue weighted by atomic mass is 10.0. The van der Waals surface area contributed by atoms with Crippen LogP contribution in [0.1, 0.15) is 21.7 Å². The Morgan fingerprint density at radius 3 is 2.42 bits per heavy atom. The maximum atomic E-state index is 13.4. The van der Waals surface area contributed by atoms with Crippen LogP contribution in [0.2, 0.25) is 5.02 Å². The number of carboxylic acid groups (broad SMARTS) is 1. The Hall–Kier alpha value is -4.22. The van der Waals surface area contributed by atoms with Crippen LogP contribution in [-0.2, 0) is 0 Å². The van der Waals surface area contributed by atoms with Crippen LogP contribution in [0.25, 0.3) is 39.5 Å². The van der Waals surface area contributed by atoms with Crippen molar-refractivity contribution in [3.63, 3.8) is 0 Å². The van der Waals surface area contributed by atoms with Gasteiger partial charge in [-0.1, -0.05) is 72.3 Å². The molecule has 1 heterocycles. The number of para-hydroxylation sites is 1. The average Bonchev–Trinajstić information content (AvgIpc) is 2.83. The summed E-state index contributed by atoms with van der Waals surface area (Å²) in [4.78, 5) is 29.8. The van der Waals surface area contributed by atoms with Crippen molar-refractivity contribution in [1.29, 1.82) is 0 Å². The number of halogens is 1. The fourth-order valence-corrected chi connectivity index (χ4v) is 4.09. The number of fused-ring (bicyclic) bond motifs is 2. The summed E-state index contributed by atoms with van der Waals surface area (Å²) in [6.45, 7) is 0. The van der Waals surface area contributed by atoms with E-state index in [2.05, 4.69) is 0 Å². The Morgan fingerprint density at radius 1 is 0.879 bits per heavy atom. The van der Waals surface area contributed by atoms with Crippen molar-refractivity contribution in [3.05, 3.63) is 117 Å². The Balaban J connectivity index is 1.75. The largest absolute Gasteiger partial charge is 0.478 e. The first-order valence-corrected chi connectivity index (χ1v) is 10.6. The van der Waals surface area contributed by atoms with Gasteiger partial charge >= 0.3 is 5.97 Å². The van der Waals surface area contributed by atoms with E-state index in [9.17, 15) is 14.7 Å². The van der Waals surface area contributed by atoms with E-state index in [1.165, 1.54) is 16.7 Å². The molecule has 0 fully saturated rings. The van der Waals surface area contributed by atoms with E-state index in [-0.39, 0.29) is 16.1 Å². The van der Waals surface area contributed by atoms with E-state index < -0.39 is 5.97 Å². The highest BCUT2D eigenvalue weighted by molar-refractivity contribution is 6.33. The molecule has 5 rings (SSSR count). The van der Waals surface area contributed by atoms with Gasteiger partial charge in [0.05, 0.1) is 27.2 Å². The van der Waals surface area contributed by atoms with Crippen LogP contribution in [0.3, 0.4) is 0 Å². The van der Waals surface area contributed by atoms with Crippen molar-refractivity contribution in [3.8, 4) is 5.69 Å². The SMILES string of the molecule is O=C(O)c1cc(-n2c(/C=C/c3cccc4ccccc34)nc3ccccc3c2=O)ccc1Cl. The van der Waals surface area contributed by atoms with E-state index in [0.29, 0.717) is 22.4 Å². The number of carboxylic acids is 1. The molecule has 160 valence electrons. The molecule has 6 heteroatoms. The Morgan fingerprint density at radius 2 is 1.61 bits per heavy atom. The van der Waals surface area contributed by atoms with Gasteiger partial charge in [-0.25, -0.2) is 9.78 Å². The molecule has 33 heavy (non-hydrogen) atoms. The number of aromatic nitrogens is 2. The predicted molar refractivity (Wildman–Crippen MR) is 132 cm³/mol. The first-order valence-electron chi connectivity index (χ1n) is 10.2. The molecule has 0 aliphatic heterocycles. The first-order chi connectivity index (χ1) is 16.0. The van der Waals surface area contributed by atoms with E-state index in [0.717, 1.165) is 16.3 Å². The van der Waals surface area contributed by atoms with Crippen molar-refractivity contribution < 1.29 is 9.90 Å². The molecule has 0 radical (unpaired) electrons. The van der Waals surface area contributed by atoms with E-state index >= 15 is 0 Å². The summed E-state index contributed by atoms with van der Waals surface area (Å²) < 4.78 is 1.41. The fourth-order valence-electron chi connectivity index (χ4n) is 3.89. The summed E-state index contributed by atoms with van der Waals surface area (Å²) in [5.74, 6) is -0.790. The van der Waals surface area contributed by atoms with Gasteiger partial charge in [0.25, 0.3) is 5.56 Å². The smallest absolute Gasteiger partial charge is 0.337 e. The van der Waals surface area contributed by atoms with E-state index in [1.54, 1.807) is 30.3 Å². The Kier molecular flexibility index (Phi) is 5.24. The summed E-state index contributed by atoms with van der Waals surface area (Å²) >= 11 is 6.05. The number of rotatable bonds is 4. The fraction of sp³-hybridized carbons (Fsp3) is 0. The van der Waals surface area contributed by atoms with Gasteiger partial charge in [-0.05, 0) is 52.7 Å². The third-order valence-corrected chi connectivity index (χ3v) is 5.81. The minimum Gasteiger partial charge on any atom is -0.478 e. The van der Waals surface area contributed by atoms with Crippen LogP contribution >= 0.6 is 11.6 Å². The van der Waals surface area contributed by atoms with Gasteiger partial charge < -0.3 is 5.11 Å². The van der Waals surface area contributed by atoms with Gasteiger partial charge in [0.1, 0.15) is 5.82 Å². The van der Waals surface area contributed by atoms with Crippen LogP contribution in [-0.4, -0.2) is 20.6 Å². The summed E-state index contributed by atoms with van der Waals surface area (Å²) in [6.07, 6.45) is 3.67. The van der Waals surface area contributed by atoms with Crippen molar-refractivity contribution in [2.75, 3.05) is 0 Å². The van der Waals surface area contributed by atoms with Crippen molar-refractivity contribution in [2.45, 2.75) is 0 Å². The molecule has 0 aliphatic carbocycles. The zero-order valence-corrected chi connectivity index (χ0v) is 18.0. The minimum absolute atomic E-state index is 0.0850. The van der Waals surface area contributed by atoms with Crippen LogP contribution in [0.4, 0.5) is 0 Å². The van der Waals surface area contributed by atoms with Crippen LogP contribution in [0.15, 0.2) is 89.7 Å². The molecular weight excluding hydrogens is 436 g/mol. The van der Waals surface area contributed by atoms with Gasteiger partial charge in [-0.3, -0.25) is 9.36 Å². The van der Waals surface area contributed by atoms with Crippen LogP contribution < -0.4 is 5.56 Å². The molecule has 0 saturated carbocycles. The third-order valence-electron chi connectivity index (χ3n) is 5.48. The molecule has 0 spiro atoms. The lowest BCUT2D eigenvalue weighted by Gasteiger charge is -2.13. The predicted octanol–water partition coefficient (Wildman–Crippen LogP) is 6.06. The zero-order valence-electron chi connectivity index (χ0n) is 17.3. The molecular formula is C27H17ClN2O3. The first kappa shape index (κ1) is 20.7. The molecule has 0 bridgehead atoms. The molecule has 0 amide bonds. The molecule has 4 aromatic carbocycles. The molecule has 0 saturated heterocycles. The molecule has 1 aromatic heterocycles. The maximum Gasteiger partial charge on any atom is 0.337 e. The maximum absolute atomic E-state index is 13.4. The third kappa shape index (κ3) is 3.79. The summed E-state index contributed by atoms with van der Waals surface area (Å²) in [6, 6.07) is 25.6. The van der Waals surface area contributed by atoms with Crippen molar-refractivity contribution in [1.82, 2.24) is 9.55 Å². The molecule has 0 atom stereocenters. The minimum atomic E-state index is -1.17. The summed E-state index contributed by atoms with van der Waals surface area (Å²) in [5.41, 5.74) is 1.53. The number of carbonyl (C=O) groups is 1. The number of benzene rings is 4. The van der Waals surface area contributed by atoms with Gasteiger partial charge in [-0.2, -0.15) is 0 Å². The average molecular weight is 453 g/mol. The normalized spacial score (nSPS) is 11.4. The van der Waals surface area contributed by atoms with Gasteiger partial charge in [0, 0.05) is 0 Å². The second-order valence-electron chi connectivity index (χ2n) is 7.50. The topological polar surface area (TPSA) is 72.2 Å². The monoisotopic (exact) mass is 452 g/mol. The van der Waals surface area contributed by atoms with Crippen molar-refractivity contribution >= 4 is 51.4 Å². The molecule has 5 aromatic rings. The Labute approximate surface area is 193 Å². The number of aromatic carboxylic acids is 1. The van der Waals surface area contributed by atoms with E-state index in [4.69, 9.17) is 16.6 Å². The van der Waals surface area contributed by atoms with Crippen LogP contribution in [0.5, 0.6) is 0 Å². The quantitative estimate of drug-likeness (QED) is 0.359. The van der Waals surface area contributed by atoms with Gasteiger partial charge in [0.15, 0.2) is 0 Å². The van der Waals surface area contributed by atoms with Crippen LogP contribution in [0, 0.1) is 0 Å². The molecule has 0 aliphatic rings. The van der Waals surface area contributed by atoms with E-state index in [1.807, 2.05) is 54.6 Å². The number of hydrogen-bond acceptors (Lipinski definition) is 3. The van der Waals surface area contributed by atoms with Gasteiger partial charge in [-0.15, -0.1) is 0 Å². The highest BCUT2D eigenvalue weighted by atomic mass is 35.5. The highest BCUT2D eigenvalue weighted by Gasteiger charge is 2.15. The lowest BCUT2D eigenvalue weighted by molar-refractivity contribution is 0.0697. The number of hydrogen-bond donors (Lipinski definition) is 1. The second kappa shape index (κ2) is 8.37. The summed E-state index contributed by atoms with van der Waals surface area (Å²) in [5, 5.41) is 12.2. The lowest BCUT2D eigenvalue weighted by Crippen LogP contribution is -2.22. The van der Waals surface area contributed by atoms with Crippen molar-refractivity contribution in [2.24, 2.45) is 0 Å². The summed E-state index contributed by atoms with van der Waals surface area (Å²) in [7, 11) is 0. The Bertz CT molecular complexity index is 1630. The molecule has 5 nitrogen and oxygen atoms in total. The molecule has 1 N–H and O–H groups in total. The second-order valence-corrected chi connectivity index (χ2v) is 7.91. The van der Waals surface area contributed by atoms with Gasteiger partial charge in [0.2, 0.25) is 0 Å². The standard InChI is InChI=1S/C27H17ClN2O3/c28-23-14-13-19(16-22(23)27(32)33)30-25(29-24-11-4-3-10-21(24)26(30)31)15-12-18-8-5-7-17-6-1-2-9-20(17)18/h1-16H,(H,32,33)/b15-12+. The number of nitrogens with zero attached hydrogens (tertiary/aromatic N) is 2. The zero-order chi connectivity index (χ0) is 22.9. The molecule has 0 unspecified atom stereocenters. The highest BCUT2D eigenvalue weighted by Crippen LogP contribution is 2.23.